The Hall–Kier alpha value is -5.66. The summed E-state index contributed by atoms with van der Waals surface area (Å²) in [4.78, 5) is 2.55. The minimum atomic E-state index is -0.188. The van der Waals surface area contributed by atoms with E-state index in [4.69, 9.17) is 0 Å². The SMILES string of the molecule is CC1(C)c2ccccc2N2c3ccc(-c4c5ccccc5c(-c5ccc6ccccc6c5)c5ccccc45)cc3C(C)(C)c3cccc1c32. The molecule has 0 aliphatic carbocycles. The molecule has 1 nitrogen and oxygen atoms in total. The van der Waals surface area contributed by atoms with Crippen molar-refractivity contribution in [2.75, 3.05) is 4.90 Å². The molecule has 2 aliphatic rings. The van der Waals surface area contributed by atoms with E-state index < -0.39 is 0 Å². The van der Waals surface area contributed by atoms with Crippen LogP contribution in [0.1, 0.15) is 49.9 Å². The van der Waals surface area contributed by atoms with Crippen LogP contribution >= 0.6 is 0 Å². The van der Waals surface area contributed by atoms with E-state index in [0.717, 1.165) is 0 Å². The van der Waals surface area contributed by atoms with Crippen LogP contribution in [0.25, 0.3) is 54.6 Å². The van der Waals surface area contributed by atoms with Gasteiger partial charge >= 0.3 is 0 Å². The van der Waals surface area contributed by atoms with Crippen molar-refractivity contribution in [3.8, 4) is 22.3 Å². The molecule has 8 aromatic carbocycles. The lowest BCUT2D eigenvalue weighted by molar-refractivity contribution is 0.597. The van der Waals surface area contributed by atoms with Crippen LogP contribution in [0.4, 0.5) is 17.1 Å². The fourth-order valence-corrected chi connectivity index (χ4v) is 9.13. The van der Waals surface area contributed by atoms with Crippen LogP contribution in [-0.2, 0) is 10.8 Å². The number of benzene rings is 8. The summed E-state index contributed by atoms with van der Waals surface area (Å²) in [5.74, 6) is 0. The molecule has 10 rings (SSSR count). The molecule has 234 valence electrons. The summed E-state index contributed by atoms with van der Waals surface area (Å²) in [5, 5.41) is 7.66. The molecule has 0 saturated carbocycles. The van der Waals surface area contributed by atoms with E-state index in [1.54, 1.807) is 0 Å². The number of nitrogens with zero attached hydrogens (tertiary/aromatic N) is 1. The Balaban J connectivity index is 1.25. The summed E-state index contributed by atoms with van der Waals surface area (Å²) in [6.07, 6.45) is 0. The number of anilines is 3. The van der Waals surface area contributed by atoms with Crippen LogP contribution in [-0.4, -0.2) is 0 Å². The normalized spacial score (nSPS) is 15.2. The largest absolute Gasteiger partial charge is 0.309 e. The predicted molar refractivity (Wildman–Crippen MR) is 209 cm³/mol. The van der Waals surface area contributed by atoms with Gasteiger partial charge in [-0.3, -0.25) is 0 Å². The highest BCUT2D eigenvalue weighted by molar-refractivity contribution is 6.22. The molecular weight excluding hydrogens is 591 g/mol. The van der Waals surface area contributed by atoms with E-state index in [1.807, 2.05) is 0 Å². The molecule has 0 saturated heterocycles. The summed E-state index contributed by atoms with van der Waals surface area (Å²) in [7, 11) is 0. The van der Waals surface area contributed by atoms with E-state index >= 15 is 0 Å². The molecule has 0 atom stereocenters. The Kier molecular flexibility index (Phi) is 5.75. The first-order valence-corrected chi connectivity index (χ1v) is 17.5. The molecule has 0 amide bonds. The fourth-order valence-electron chi connectivity index (χ4n) is 9.13. The Morgan fingerprint density at radius 2 is 0.837 bits per heavy atom. The maximum Gasteiger partial charge on any atom is 0.0543 e. The van der Waals surface area contributed by atoms with Gasteiger partial charge in [0.2, 0.25) is 0 Å². The second-order valence-corrected chi connectivity index (χ2v) is 14.9. The zero-order chi connectivity index (χ0) is 33.1. The highest BCUT2D eigenvalue weighted by Crippen LogP contribution is 2.60. The average molecular weight is 628 g/mol. The van der Waals surface area contributed by atoms with Gasteiger partial charge in [0.1, 0.15) is 0 Å². The second kappa shape index (κ2) is 9.94. The molecule has 0 aromatic heterocycles. The molecule has 2 heterocycles. The Morgan fingerprint density at radius 1 is 0.367 bits per heavy atom. The molecule has 0 N–H and O–H groups in total. The van der Waals surface area contributed by atoms with Crippen molar-refractivity contribution in [1.29, 1.82) is 0 Å². The van der Waals surface area contributed by atoms with E-state index in [1.165, 1.54) is 93.9 Å². The molecule has 0 fully saturated rings. The minimum absolute atomic E-state index is 0.0867. The number of hydrogen-bond donors (Lipinski definition) is 0. The number of fused-ring (bicyclic) bond motifs is 7. The highest BCUT2D eigenvalue weighted by atomic mass is 15.2. The number of para-hydroxylation sites is 2. The van der Waals surface area contributed by atoms with E-state index in [0.29, 0.717) is 0 Å². The first kappa shape index (κ1) is 28.4. The van der Waals surface area contributed by atoms with Gasteiger partial charge in [0.25, 0.3) is 0 Å². The van der Waals surface area contributed by atoms with Crippen LogP contribution in [0.15, 0.2) is 152 Å². The van der Waals surface area contributed by atoms with Gasteiger partial charge in [0.15, 0.2) is 0 Å². The first-order chi connectivity index (χ1) is 23.8. The van der Waals surface area contributed by atoms with E-state index in [9.17, 15) is 0 Å². The van der Waals surface area contributed by atoms with Crippen LogP contribution in [0.5, 0.6) is 0 Å². The second-order valence-electron chi connectivity index (χ2n) is 14.9. The molecule has 0 unspecified atom stereocenters. The zero-order valence-electron chi connectivity index (χ0n) is 28.4. The Bertz CT molecular complexity index is 2620. The zero-order valence-corrected chi connectivity index (χ0v) is 28.4. The minimum Gasteiger partial charge on any atom is -0.309 e. The van der Waals surface area contributed by atoms with Crippen molar-refractivity contribution in [3.05, 3.63) is 174 Å². The standard InChI is InChI=1S/C48H37N/c1-47(2)38-20-11-12-23-42(38)49-43-27-26-33(29-41(43)48(3,4)40-22-13-21-39(47)46(40)49)45-36-18-9-7-16-34(36)44(35-17-8-10-19-37(35)45)32-25-24-30-14-5-6-15-31(30)28-32/h5-29H,1-4H3. The summed E-state index contributed by atoms with van der Waals surface area (Å²) >= 11 is 0. The highest BCUT2D eigenvalue weighted by Gasteiger charge is 2.45. The van der Waals surface area contributed by atoms with Gasteiger partial charge in [-0.2, -0.15) is 0 Å². The van der Waals surface area contributed by atoms with Gasteiger partial charge in [-0.25, -0.2) is 0 Å². The van der Waals surface area contributed by atoms with Gasteiger partial charge in [-0.15, -0.1) is 0 Å². The number of rotatable bonds is 2. The van der Waals surface area contributed by atoms with Crippen molar-refractivity contribution in [3.63, 3.8) is 0 Å². The van der Waals surface area contributed by atoms with Gasteiger partial charge in [0.05, 0.1) is 17.1 Å². The number of hydrogen-bond acceptors (Lipinski definition) is 1. The fraction of sp³-hybridized carbons (Fsp3) is 0.125. The van der Waals surface area contributed by atoms with Crippen molar-refractivity contribution in [2.24, 2.45) is 0 Å². The smallest absolute Gasteiger partial charge is 0.0543 e. The molecular formula is C48H37N. The van der Waals surface area contributed by atoms with Crippen LogP contribution < -0.4 is 4.90 Å². The predicted octanol–water partition coefficient (Wildman–Crippen LogP) is 13.2. The molecule has 0 bridgehead atoms. The van der Waals surface area contributed by atoms with Gasteiger partial charge in [-0.05, 0) is 101 Å². The first-order valence-electron chi connectivity index (χ1n) is 17.5. The molecule has 0 radical (unpaired) electrons. The van der Waals surface area contributed by atoms with E-state index in [2.05, 4.69) is 184 Å². The molecule has 8 aromatic rings. The van der Waals surface area contributed by atoms with Crippen LogP contribution in [0.3, 0.4) is 0 Å². The summed E-state index contributed by atoms with van der Waals surface area (Å²) in [5.41, 5.74) is 14.3. The van der Waals surface area contributed by atoms with Gasteiger partial charge in [0, 0.05) is 10.8 Å². The lowest BCUT2D eigenvalue weighted by atomic mass is 9.66. The summed E-state index contributed by atoms with van der Waals surface area (Å²) in [6, 6.07) is 56.8. The maximum absolute atomic E-state index is 2.55. The van der Waals surface area contributed by atoms with Gasteiger partial charge in [-0.1, -0.05) is 155 Å². The third kappa shape index (κ3) is 3.82. The van der Waals surface area contributed by atoms with Crippen molar-refractivity contribution < 1.29 is 0 Å². The third-order valence-corrected chi connectivity index (χ3v) is 11.6. The third-order valence-electron chi connectivity index (χ3n) is 11.6. The molecule has 0 spiro atoms. The summed E-state index contributed by atoms with van der Waals surface area (Å²) in [6.45, 7) is 9.58. The Morgan fingerprint density at radius 3 is 1.49 bits per heavy atom. The van der Waals surface area contributed by atoms with Crippen molar-refractivity contribution in [1.82, 2.24) is 0 Å². The van der Waals surface area contributed by atoms with Crippen LogP contribution in [0, 0.1) is 0 Å². The molecule has 1 heteroatoms. The van der Waals surface area contributed by atoms with Gasteiger partial charge < -0.3 is 4.90 Å². The maximum atomic E-state index is 2.55. The van der Waals surface area contributed by atoms with Crippen molar-refractivity contribution in [2.45, 2.75) is 38.5 Å². The molecule has 49 heavy (non-hydrogen) atoms. The monoisotopic (exact) mass is 627 g/mol. The van der Waals surface area contributed by atoms with Crippen molar-refractivity contribution >= 4 is 49.4 Å². The topological polar surface area (TPSA) is 3.24 Å². The van der Waals surface area contributed by atoms with Crippen LogP contribution in [0.2, 0.25) is 0 Å². The average Bonchev–Trinajstić information content (AvgIpc) is 3.13. The lowest BCUT2D eigenvalue weighted by Crippen LogP contribution is -2.38. The Labute approximate surface area is 288 Å². The summed E-state index contributed by atoms with van der Waals surface area (Å²) < 4.78 is 0. The lowest BCUT2D eigenvalue weighted by Gasteiger charge is -2.49. The molecule has 2 aliphatic heterocycles. The van der Waals surface area contributed by atoms with E-state index in [-0.39, 0.29) is 10.8 Å². The quantitative estimate of drug-likeness (QED) is 0.172.